The number of ether oxygens (including phenoxy) is 1. The third-order valence-electron chi connectivity index (χ3n) is 6.93. The molecule has 35 heavy (non-hydrogen) atoms. The number of carbonyl (C=O) groups excluding carboxylic acids is 1. The minimum Gasteiger partial charge on any atom is -0.378 e. The Morgan fingerprint density at radius 1 is 1.11 bits per heavy atom. The van der Waals surface area contributed by atoms with Gasteiger partial charge in [0.1, 0.15) is 10.7 Å². The molecule has 1 aromatic carbocycles. The van der Waals surface area contributed by atoms with Crippen LogP contribution in [-0.2, 0) is 16.0 Å². The smallest absolute Gasteiger partial charge is 0.260 e. The van der Waals surface area contributed by atoms with Crippen molar-refractivity contribution < 1.29 is 9.53 Å². The zero-order valence-corrected chi connectivity index (χ0v) is 21.2. The molecule has 1 amide bonds. The second-order valence-corrected chi connectivity index (χ2v) is 10.4. The second-order valence-electron chi connectivity index (χ2n) is 9.19. The standard InChI is InChI=1S/C27H32N4O3S/c1-3-21-18(2)35-26-23(21)25(32)28-24(29-26)22(27(33)31-13-15-34-16-14-31)17-19-7-9-20(10-8-19)30-11-5-4-6-12-30/h7-10,17H,3-6,11-16H2,1-2H3,(H,28,29,32)/b22-17+. The number of H-pyrrole nitrogens is 1. The molecule has 2 aliphatic heterocycles. The van der Waals surface area contributed by atoms with Gasteiger partial charge in [0.25, 0.3) is 11.5 Å². The molecule has 184 valence electrons. The highest BCUT2D eigenvalue weighted by molar-refractivity contribution is 7.18. The van der Waals surface area contributed by atoms with Crippen LogP contribution in [0.5, 0.6) is 0 Å². The third-order valence-corrected chi connectivity index (χ3v) is 7.97. The van der Waals surface area contributed by atoms with Crippen molar-refractivity contribution in [3.63, 3.8) is 0 Å². The lowest BCUT2D eigenvalue weighted by molar-refractivity contribution is -0.128. The summed E-state index contributed by atoms with van der Waals surface area (Å²) in [6, 6.07) is 8.31. The lowest BCUT2D eigenvalue weighted by Crippen LogP contribution is -2.41. The first-order chi connectivity index (χ1) is 17.0. The molecule has 0 atom stereocenters. The van der Waals surface area contributed by atoms with Gasteiger partial charge in [0.05, 0.1) is 24.2 Å². The molecule has 0 unspecified atom stereocenters. The summed E-state index contributed by atoms with van der Waals surface area (Å²) in [5.74, 6) is 0.183. The van der Waals surface area contributed by atoms with E-state index in [0.717, 1.165) is 35.5 Å². The van der Waals surface area contributed by atoms with E-state index in [1.165, 1.54) is 36.3 Å². The molecule has 3 aromatic rings. The second kappa shape index (κ2) is 10.3. The van der Waals surface area contributed by atoms with Crippen LogP contribution in [0.15, 0.2) is 29.1 Å². The molecule has 2 saturated heterocycles. The van der Waals surface area contributed by atoms with Gasteiger partial charge in [-0.25, -0.2) is 4.98 Å². The Morgan fingerprint density at radius 2 is 1.83 bits per heavy atom. The number of aromatic nitrogens is 2. The molecule has 0 radical (unpaired) electrons. The molecule has 7 nitrogen and oxygen atoms in total. The monoisotopic (exact) mass is 492 g/mol. The maximum Gasteiger partial charge on any atom is 0.260 e. The van der Waals surface area contributed by atoms with Crippen molar-refractivity contribution in [3.8, 4) is 0 Å². The lowest BCUT2D eigenvalue weighted by Gasteiger charge is -2.29. The SMILES string of the molecule is CCc1c(C)sc2nc(/C(=C\c3ccc(N4CCCCC4)cc3)C(=O)N3CCOCC3)[nH]c(=O)c12. The van der Waals surface area contributed by atoms with Gasteiger partial charge in [-0.05, 0) is 61.9 Å². The van der Waals surface area contributed by atoms with Gasteiger partial charge >= 0.3 is 0 Å². The molecule has 1 N–H and O–H groups in total. The summed E-state index contributed by atoms with van der Waals surface area (Å²) in [7, 11) is 0. The number of amides is 1. The van der Waals surface area contributed by atoms with Crippen LogP contribution in [-0.4, -0.2) is 60.2 Å². The van der Waals surface area contributed by atoms with Crippen molar-refractivity contribution in [1.29, 1.82) is 0 Å². The molecule has 0 saturated carbocycles. The van der Waals surface area contributed by atoms with E-state index in [0.29, 0.717) is 47.9 Å². The van der Waals surface area contributed by atoms with Gasteiger partial charge in [0.2, 0.25) is 0 Å². The fraction of sp³-hybridized carbons (Fsp3) is 0.444. The van der Waals surface area contributed by atoms with Crippen LogP contribution in [0.1, 0.15) is 48.0 Å². The predicted octanol–water partition coefficient (Wildman–Crippen LogP) is 4.25. The average Bonchev–Trinajstić information content (AvgIpc) is 3.23. The highest BCUT2D eigenvalue weighted by Crippen LogP contribution is 2.29. The highest BCUT2D eigenvalue weighted by atomic mass is 32.1. The number of morpholine rings is 1. The number of nitrogens with zero attached hydrogens (tertiary/aromatic N) is 3. The van der Waals surface area contributed by atoms with Crippen molar-refractivity contribution in [3.05, 3.63) is 56.4 Å². The predicted molar refractivity (Wildman–Crippen MR) is 142 cm³/mol. The molecule has 4 heterocycles. The Bertz CT molecular complexity index is 1300. The van der Waals surface area contributed by atoms with Crippen molar-refractivity contribution in [2.24, 2.45) is 0 Å². The van der Waals surface area contributed by atoms with Crippen LogP contribution in [0.4, 0.5) is 5.69 Å². The molecular formula is C27H32N4O3S. The van der Waals surface area contributed by atoms with E-state index in [2.05, 4.69) is 22.0 Å². The van der Waals surface area contributed by atoms with E-state index >= 15 is 0 Å². The molecule has 2 fully saturated rings. The van der Waals surface area contributed by atoms with Crippen molar-refractivity contribution in [1.82, 2.24) is 14.9 Å². The molecule has 2 aliphatic rings. The first-order valence-corrected chi connectivity index (χ1v) is 13.3. The summed E-state index contributed by atoms with van der Waals surface area (Å²) < 4.78 is 5.44. The van der Waals surface area contributed by atoms with Gasteiger partial charge in [-0.3, -0.25) is 9.59 Å². The average molecular weight is 493 g/mol. The summed E-state index contributed by atoms with van der Waals surface area (Å²) in [6.07, 6.45) is 6.37. The van der Waals surface area contributed by atoms with Gasteiger partial charge in [-0.2, -0.15) is 0 Å². The van der Waals surface area contributed by atoms with Gasteiger partial charge in [-0.1, -0.05) is 19.1 Å². The first kappa shape index (κ1) is 23.8. The molecule has 0 aliphatic carbocycles. The van der Waals surface area contributed by atoms with E-state index in [1.54, 1.807) is 4.90 Å². The number of hydrogen-bond acceptors (Lipinski definition) is 6. The largest absolute Gasteiger partial charge is 0.378 e. The number of aryl methyl sites for hydroxylation is 2. The Morgan fingerprint density at radius 3 is 2.51 bits per heavy atom. The van der Waals surface area contributed by atoms with E-state index in [9.17, 15) is 9.59 Å². The van der Waals surface area contributed by atoms with Crippen LogP contribution in [0.2, 0.25) is 0 Å². The number of aromatic amines is 1. The van der Waals surface area contributed by atoms with Crippen molar-refractivity contribution in [2.45, 2.75) is 39.5 Å². The maximum atomic E-state index is 13.6. The fourth-order valence-corrected chi connectivity index (χ4v) is 6.11. The number of hydrogen-bond donors (Lipinski definition) is 1. The minimum atomic E-state index is -0.188. The number of fused-ring (bicyclic) bond motifs is 1. The zero-order valence-electron chi connectivity index (χ0n) is 20.4. The van der Waals surface area contributed by atoms with Gasteiger partial charge in [0.15, 0.2) is 0 Å². The van der Waals surface area contributed by atoms with E-state index < -0.39 is 0 Å². The number of nitrogens with one attached hydrogen (secondary N) is 1. The van der Waals surface area contributed by atoms with E-state index in [-0.39, 0.29) is 11.5 Å². The van der Waals surface area contributed by atoms with Crippen LogP contribution in [0, 0.1) is 6.92 Å². The summed E-state index contributed by atoms with van der Waals surface area (Å²) in [5, 5.41) is 0.641. The Balaban J connectivity index is 1.55. The molecule has 8 heteroatoms. The molecule has 2 aromatic heterocycles. The summed E-state index contributed by atoms with van der Waals surface area (Å²) in [6.45, 7) is 8.30. The maximum absolute atomic E-state index is 13.6. The van der Waals surface area contributed by atoms with Crippen molar-refractivity contribution in [2.75, 3.05) is 44.3 Å². The summed E-state index contributed by atoms with van der Waals surface area (Å²) >= 11 is 1.51. The normalized spacial score (nSPS) is 17.3. The lowest BCUT2D eigenvalue weighted by atomic mass is 10.1. The number of benzene rings is 1. The summed E-state index contributed by atoms with van der Waals surface area (Å²) in [5.41, 5.74) is 3.36. The third kappa shape index (κ3) is 4.90. The Labute approximate surface area is 209 Å². The van der Waals surface area contributed by atoms with Gasteiger partial charge < -0.3 is 19.5 Å². The molecule has 5 rings (SSSR count). The Kier molecular flexibility index (Phi) is 7.02. The fourth-order valence-electron chi connectivity index (χ4n) is 5.00. The molecular weight excluding hydrogens is 460 g/mol. The van der Waals surface area contributed by atoms with E-state index in [4.69, 9.17) is 9.72 Å². The zero-order chi connectivity index (χ0) is 24.4. The van der Waals surface area contributed by atoms with Crippen LogP contribution < -0.4 is 10.5 Å². The van der Waals surface area contributed by atoms with Gasteiger partial charge in [0, 0.05) is 36.7 Å². The number of carbonyl (C=O) groups is 1. The molecule has 0 spiro atoms. The Hall–Kier alpha value is -2.97. The number of thiophene rings is 1. The number of rotatable bonds is 5. The quantitative estimate of drug-likeness (QED) is 0.539. The highest BCUT2D eigenvalue weighted by Gasteiger charge is 2.25. The number of anilines is 1. The molecule has 0 bridgehead atoms. The van der Waals surface area contributed by atoms with Gasteiger partial charge in [-0.15, -0.1) is 11.3 Å². The van der Waals surface area contributed by atoms with Crippen LogP contribution in [0.3, 0.4) is 0 Å². The number of piperidine rings is 1. The van der Waals surface area contributed by atoms with Crippen LogP contribution in [0.25, 0.3) is 21.9 Å². The van der Waals surface area contributed by atoms with Crippen molar-refractivity contribution >= 4 is 44.8 Å². The summed E-state index contributed by atoms with van der Waals surface area (Å²) in [4.78, 5) is 40.4. The van der Waals surface area contributed by atoms with Crippen LogP contribution >= 0.6 is 11.3 Å². The first-order valence-electron chi connectivity index (χ1n) is 12.5. The minimum absolute atomic E-state index is 0.139. The van der Waals surface area contributed by atoms with E-state index in [1.807, 2.05) is 32.1 Å². The topological polar surface area (TPSA) is 78.5 Å².